The van der Waals surface area contributed by atoms with Crippen LogP contribution in [-0.2, 0) is 25.7 Å². The normalized spacial score (nSPS) is 11.0. The van der Waals surface area contributed by atoms with Crippen LogP contribution in [0.3, 0.4) is 0 Å². The van der Waals surface area contributed by atoms with Gasteiger partial charge in [-0.05, 0) is 54.1 Å². The molecule has 0 bridgehead atoms. The first-order valence-electron chi connectivity index (χ1n) is 8.98. The third-order valence-corrected chi connectivity index (χ3v) is 5.48. The number of ether oxygens (including phenoxy) is 2. The van der Waals surface area contributed by atoms with Crippen LogP contribution in [0.5, 0.6) is 11.5 Å². The van der Waals surface area contributed by atoms with E-state index in [9.17, 15) is 18.0 Å². The van der Waals surface area contributed by atoms with Gasteiger partial charge in [-0.25, -0.2) is 4.79 Å². The van der Waals surface area contributed by atoms with E-state index in [4.69, 9.17) is 25.3 Å². The molecule has 0 aliphatic heterocycles. The molecule has 0 atom stereocenters. The molecule has 0 N–H and O–H groups in total. The lowest BCUT2D eigenvalue weighted by atomic mass is 10.2. The number of halogens is 1. The average molecular weight is 461 g/mol. The van der Waals surface area contributed by atoms with Crippen LogP contribution in [-0.4, -0.2) is 20.4 Å². The first kappa shape index (κ1) is 22.5. The summed E-state index contributed by atoms with van der Waals surface area (Å²) in [4.78, 5) is 23.7. The largest absolute Gasteiger partial charge is 0.426 e. The lowest BCUT2D eigenvalue weighted by molar-refractivity contribution is -0.131. The number of esters is 2. The van der Waals surface area contributed by atoms with Crippen molar-refractivity contribution < 1.29 is 31.7 Å². The molecular weight excluding hydrogens is 444 g/mol. The quantitative estimate of drug-likeness (QED) is 0.293. The summed E-state index contributed by atoms with van der Waals surface area (Å²) in [6, 6.07) is 18.0. The van der Waals surface area contributed by atoms with Crippen molar-refractivity contribution in [1.29, 1.82) is 0 Å². The van der Waals surface area contributed by atoms with Crippen molar-refractivity contribution in [3.8, 4) is 11.5 Å². The Bertz CT molecular complexity index is 1200. The van der Waals surface area contributed by atoms with Gasteiger partial charge in [-0.3, -0.25) is 8.98 Å². The number of benzene rings is 3. The zero-order valence-electron chi connectivity index (χ0n) is 16.3. The van der Waals surface area contributed by atoms with Crippen LogP contribution in [0.25, 0.3) is 0 Å². The van der Waals surface area contributed by atoms with E-state index in [2.05, 4.69) is 0 Å². The molecular formula is C22H17ClO7S. The molecule has 0 saturated heterocycles. The maximum atomic E-state index is 12.5. The van der Waals surface area contributed by atoms with Gasteiger partial charge in [0, 0.05) is 11.9 Å². The summed E-state index contributed by atoms with van der Waals surface area (Å²) < 4.78 is 40.0. The first-order chi connectivity index (χ1) is 14.7. The minimum atomic E-state index is -3.99. The number of rotatable bonds is 7. The second-order valence-corrected chi connectivity index (χ2v) is 8.35. The second kappa shape index (κ2) is 9.74. The zero-order valence-corrected chi connectivity index (χ0v) is 17.9. The average Bonchev–Trinajstić information content (AvgIpc) is 2.73. The van der Waals surface area contributed by atoms with E-state index in [0.29, 0.717) is 10.6 Å². The number of hydrogen-bond acceptors (Lipinski definition) is 7. The molecule has 0 aliphatic rings. The minimum Gasteiger partial charge on any atom is -0.426 e. The molecule has 0 spiro atoms. The Balaban J connectivity index is 1.70. The van der Waals surface area contributed by atoms with Crippen molar-refractivity contribution in [2.24, 2.45) is 0 Å². The fourth-order valence-electron chi connectivity index (χ4n) is 2.55. The Labute approximate surface area is 184 Å². The number of carbonyl (C=O) groups is 2. The van der Waals surface area contributed by atoms with Gasteiger partial charge in [-0.2, -0.15) is 8.42 Å². The van der Waals surface area contributed by atoms with Gasteiger partial charge in [-0.15, -0.1) is 0 Å². The van der Waals surface area contributed by atoms with Gasteiger partial charge in [0.25, 0.3) is 10.1 Å². The van der Waals surface area contributed by atoms with Crippen LogP contribution in [0.15, 0.2) is 77.7 Å². The third-order valence-electron chi connectivity index (χ3n) is 3.95. The van der Waals surface area contributed by atoms with Crippen molar-refractivity contribution in [2.45, 2.75) is 18.4 Å². The summed E-state index contributed by atoms with van der Waals surface area (Å²) >= 11 is 5.77. The van der Waals surface area contributed by atoms with E-state index in [1.165, 1.54) is 55.5 Å². The van der Waals surface area contributed by atoms with Gasteiger partial charge in [0.05, 0.1) is 11.5 Å². The van der Waals surface area contributed by atoms with Gasteiger partial charge >= 0.3 is 11.9 Å². The summed E-state index contributed by atoms with van der Waals surface area (Å²) in [5, 5.41) is 0.406. The van der Waals surface area contributed by atoms with E-state index in [0.717, 1.165) is 0 Å². The summed E-state index contributed by atoms with van der Waals surface area (Å²) in [7, 11) is -3.99. The molecule has 3 rings (SSSR count). The molecule has 3 aromatic carbocycles. The predicted molar refractivity (Wildman–Crippen MR) is 113 cm³/mol. The summed E-state index contributed by atoms with van der Waals surface area (Å²) in [6.45, 7) is 0.962. The maximum Gasteiger partial charge on any atom is 0.347 e. The molecule has 0 aromatic heterocycles. The van der Waals surface area contributed by atoms with Crippen LogP contribution >= 0.6 is 11.6 Å². The highest BCUT2D eigenvalue weighted by molar-refractivity contribution is 7.86. The molecule has 0 fully saturated rings. The number of carbonyl (C=O) groups excluding carboxylic acids is 2. The zero-order chi connectivity index (χ0) is 22.4. The standard InChI is InChI=1S/C22H17ClO7S/c1-15(24)29-21-8-3-2-7-20(21)22(25)30-18-6-4-5-16(13-18)14-28-31(26,27)19-11-9-17(23)10-12-19/h2-13H,14H2,1H3. The lowest BCUT2D eigenvalue weighted by Crippen LogP contribution is -2.12. The Morgan fingerprint density at radius 1 is 0.903 bits per heavy atom. The highest BCUT2D eigenvalue weighted by atomic mass is 35.5. The summed E-state index contributed by atoms with van der Waals surface area (Å²) in [6.07, 6.45) is 0. The van der Waals surface area contributed by atoms with Crippen molar-refractivity contribution in [3.63, 3.8) is 0 Å². The number of para-hydroxylation sites is 1. The summed E-state index contributed by atoms with van der Waals surface area (Å²) in [5.41, 5.74) is 0.542. The Kier molecular flexibility index (Phi) is 7.06. The highest BCUT2D eigenvalue weighted by Gasteiger charge is 2.17. The topological polar surface area (TPSA) is 96.0 Å². The van der Waals surface area contributed by atoms with Crippen LogP contribution in [0.4, 0.5) is 0 Å². The molecule has 9 heteroatoms. The fourth-order valence-corrected chi connectivity index (χ4v) is 3.58. The fraction of sp³-hybridized carbons (Fsp3) is 0.0909. The van der Waals surface area contributed by atoms with Crippen LogP contribution in [0, 0.1) is 0 Å². The molecule has 3 aromatic rings. The van der Waals surface area contributed by atoms with Gasteiger partial charge in [-0.1, -0.05) is 35.9 Å². The maximum absolute atomic E-state index is 12.5. The monoisotopic (exact) mass is 460 g/mol. The molecule has 0 amide bonds. The summed E-state index contributed by atoms with van der Waals surface area (Å²) in [5.74, 6) is -1.05. The van der Waals surface area contributed by atoms with E-state index in [1.54, 1.807) is 24.3 Å². The third kappa shape index (κ3) is 6.14. The van der Waals surface area contributed by atoms with E-state index >= 15 is 0 Å². The Morgan fingerprint density at radius 2 is 1.61 bits per heavy atom. The van der Waals surface area contributed by atoms with Crippen LogP contribution < -0.4 is 9.47 Å². The Morgan fingerprint density at radius 3 is 2.32 bits per heavy atom. The van der Waals surface area contributed by atoms with Gasteiger partial charge in [0.2, 0.25) is 0 Å². The molecule has 0 unspecified atom stereocenters. The van der Waals surface area contributed by atoms with Crippen molar-refractivity contribution in [1.82, 2.24) is 0 Å². The van der Waals surface area contributed by atoms with Crippen LogP contribution in [0.2, 0.25) is 5.02 Å². The predicted octanol–water partition coefficient (Wildman–Crippen LogP) is 4.39. The second-order valence-electron chi connectivity index (χ2n) is 6.30. The van der Waals surface area contributed by atoms with Gasteiger partial charge in [0.1, 0.15) is 17.1 Å². The molecule has 0 saturated carbocycles. The molecule has 160 valence electrons. The van der Waals surface area contributed by atoms with E-state index in [-0.39, 0.29) is 28.6 Å². The van der Waals surface area contributed by atoms with Crippen LogP contribution in [0.1, 0.15) is 22.8 Å². The van der Waals surface area contributed by atoms with Gasteiger partial charge < -0.3 is 9.47 Å². The Hall–Kier alpha value is -3.20. The lowest BCUT2D eigenvalue weighted by Gasteiger charge is -2.10. The van der Waals surface area contributed by atoms with Gasteiger partial charge in [0.15, 0.2) is 0 Å². The minimum absolute atomic E-state index is 0.0263. The molecule has 0 heterocycles. The van der Waals surface area contributed by atoms with Crippen molar-refractivity contribution in [3.05, 3.63) is 88.9 Å². The molecule has 0 radical (unpaired) electrons. The molecule has 7 nitrogen and oxygen atoms in total. The SMILES string of the molecule is CC(=O)Oc1ccccc1C(=O)Oc1cccc(COS(=O)(=O)c2ccc(Cl)cc2)c1. The highest BCUT2D eigenvalue weighted by Crippen LogP contribution is 2.23. The smallest absolute Gasteiger partial charge is 0.347 e. The van der Waals surface area contributed by atoms with Crippen molar-refractivity contribution >= 4 is 33.7 Å². The first-order valence-corrected chi connectivity index (χ1v) is 10.8. The van der Waals surface area contributed by atoms with Crippen molar-refractivity contribution in [2.75, 3.05) is 0 Å². The van der Waals surface area contributed by atoms with E-state index < -0.39 is 22.1 Å². The molecule has 31 heavy (non-hydrogen) atoms. The van der Waals surface area contributed by atoms with E-state index in [1.807, 2.05) is 0 Å². The molecule has 0 aliphatic carbocycles. The number of hydrogen-bond donors (Lipinski definition) is 0.